The highest BCUT2D eigenvalue weighted by Gasteiger charge is 2.12. The number of carbonyl (C=O) groups is 1. The van der Waals surface area contributed by atoms with Crippen molar-refractivity contribution in [3.63, 3.8) is 0 Å². The smallest absolute Gasteiger partial charge is 0.256 e. The maximum Gasteiger partial charge on any atom is 0.256 e. The van der Waals surface area contributed by atoms with Gasteiger partial charge in [-0.05, 0) is 48.2 Å². The molecule has 0 aliphatic heterocycles. The van der Waals surface area contributed by atoms with Gasteiger partial charge in [-0.1, -0.05) is 6.92 Å². The Morgan fingerprint density at radius 3 is 2.85 bits per heavy atom. The van der Waals surface area contributed by atoms with E-state index >= 15 is 0 Å². The zero-order chi connectivity index (χ0) is 14.5. The van der Waals surface area contributed by atoms with E-state index in [2.05, 4.69) is 12.2 Å². The van der Waals surface area contributed by atoms with E-state index in [1.165, 1.54) is 11.3 Å². The molecule has 0 saturated carbocycles. The van der Waals surface area contributed by atoms with Gasteiger partial charge in [0.2, 0.25) is 0 Å². The van der Waals surface area contributed by atoms with Crippen LogP contribution in [0.25, 0.3) is 0 Å². The van der Waals surface area contributed by atoms with Crippen molar-refractivity contribution in [2.24, 2.45) is 0 Å². The van der Waals surface area contributed by atoms with Crippen LogP contribution in [0, 0.1) is 6.92 Å². The van der Waals surface area contributed by atoms with Gasteiger partial charge in [0.25, 0.3) is 5.91 Å². The van der Waals surface area contributed by atoms with Crippen LogP contribution in [0.3, 0.4) is 0 Å². The first-order chi connectivity index (χ1) is 9.61. The third-order valence-corrected chi connectivity index (χ3v) is 4.91. The van der Waals surface area contributed by atoms with Crippen molar-refractivity contribution in [3.05, 3.63) is 40.1 Å². The molecule has 0 saturated heterocycles. The van der Waals surface area contributed by atoms with Gasteiger partial charge in [-0.2, -0.15) is 11.3 Å². The molecule has 0 unspecified atom stereocenters. The van der Waals surface area contributed by atoms with Crippen LogP contribution in [0.4, 0.5) is 11.4 Å². The summed E-state index contributed by atoms with van der Waals surface area (Å²) in [5.41, 5.74) is 8.91. The van der Waals surface area contributed by atoms with Gasteiger partial charge in [-0.3, -0.25) is 4.79 Å². The number of hydrogen-bond acceptors (Lipinski definition) is 4. The van der Waals surface area contributed by atoms with Gasteiger partial charge in [0.15, 0.2) is 0 Å². The van der Waals surface area contributed by atoms with E-state index in [4.69, 9.17) is 5.73 Å². The predicted octanol–water partition coefficient (Wildman–Crippen LogP) is 4.39. The van der Waals surface area contributed by atoms with Gasteiger partial charge in [0.1, 0.15) is 0 Å². The summed E-state index contributed by atoms with van der Waals surface area (Å²) in [6.07, 6.45) is 1.12. The Hall–Kier alpha value is -1.46. The standard InChI is InChI=1S/C15H18N2OS2/c1-3-6-20-11-4-5-13(16)14(7-11)17-15(18)12-9-19-8-10(12)2/h4-5,7-9H,3,6,16H2,1-2H3,(H,17,18). The highest BCUT2D eigenvalue weighted by molar-refractivity contribution is 7.99. The van der Waals surface area contributed by atoms with Gasteiger partial charge in [0.05, 0.1) is 16.9 Å². The number of rotatable bonds is 5. The molecular weight excluding hydrogens is 288 g/mol. The number of nitrogens with one attached hydrogen (secondary N) is 1. The van der Waals surface area contributed by atoms with E-state index in [-0.39, 0.29) is 5.91 Å². The second-order valence-electron chi connectivity index (χ2n) is 4.52. The summed E-state index contributed by atoms with van der Waals surface area (Å²) in [5, 5.41) is 6.72. The first-order valence-corrected chi connectivity index (χ1v) is 8.41. The van der Waals surface area contributed by atoms with Crippen LogP contribution in [0.15, 0.2) is 33.9 Å². The zero-order valence-corrected chi connectivity index (χ0v) is 13.2. The highest BCUT2D eigenvalue weighted by atomic mass is 32.2. The number of hydrogen-bond donors (Lipinski definition) is 2. The molecule has 2 rings (SSSR count). The van der Waals surface area contributed by atoms with Crippen molar-refractivity contribution in [3.8, 4) is 0 Å². The average Bonchev–Trinajstić information content (AvgIpc) is 2.86. The maximum atomic E-state index is 12.2. The highest BCUT2D eigenvalue weighted by Crippen LogP contribution is 2.28. The summed E-state index contributed by atoms with van der Waals surface area (Å²) in [4.78, 5) is 13.3. The van der Waals surface area contributed by atoms with Crippen LogP contribution < -0.4 is 11.1 Å². The molecule has 5 heteroatoms. The van der Waals surface area contributed by atoms with Crippen molar-refractivity contribution < 1.29 is 4.79 Å². The molecule has 0 atom stereocenters. The van der Waals surface area contributed by atoms with E-state index in [1.54, 1.807) is 11.8 Å². The monoisotopic (exact) mass is 306 g/mol. The number of nitrogens with two attached hydrogens (primary N) is 1. The molecule has 3 nitrogen and oxygen atoms in total. The van der Waals surface area contributed by atoms with E-state index in [0.29, 0.717) is 16.9 Å². The number of amides is 1. The van der Waals surface area contributed by atoms with Crippen LogP contribution in [-0.4, -0.2) is 11.7 Å². The lowest BCUT2D eigenvalue weighted by atomic mass is 10.2. The van der Waals surface area contributed by atoms with Crippen LogP contribution in [0.5, 0.6) is 0 Å². The van der Waals surface area contributed by atoms with Gasteiger partial charge >= 0.3 is 0 Å². The van der Waals surface area contributed by atoms with Gasteiger partial charge in [0, 0.05) is 10.3 Å². The number of nitrogen functional groups attached to an aromatic ring is 1. The lowest BCUT2D eigenvalue weighted by Crippen LogP contribution is -2.13. The van der Waals surface area contributed by atoms with Crippen molar-refractivity contribution in [2.75, 3.05) is 16.8 Å². The van der Waals surface area contributed by atoms with Crippen LogP contribution in [0.1, 0.15) is 29.3 Å². The summed E-state index contributed by atoms with van der Waals surface area (Å²) >= 11 is 3.29. The third-order valence-electron chi connectivity index (χ3n) is 2.85. The Morgan fingerprint density at radius 1 is 1.40 bits per heavy atom. The lowest BCUT2D eigenvalue weighted by molar-refractivity contribution is 0.102. The van der Waals surface area contributed by atoms with Crippen LogP contribution in [-0.2, 0) is 0 Å². The van der Waals surface area contributed by atoms with Gasteiger partial charge in [-0.25, -0.2) is 0 Å². The molecule has 1 heterocycles. The molecule has 0 bridgehead atoms. The Labute approximate surface area is 127 Å². The summed E-state index contributed by atoms with van der Waals surface area (Å²) < 4.78 is 0. The van der Waals surface area contributed by atoms with E-state index < -0.39 is 0 Å². The molecule has 2 aromatic rings. The topological polar surface area (TPSA) is 55.1 Å². The molecule has 0 spiro atoms. The number of carbonyl (C=O) groups excluding carboxylic acids is 1. The fraction of sp³-hybridized carbons (Fsp3) is 0.267. The van der Waals surface area contributed by atoms with Crippen molar-refractivity contribution in [1.29, 1.82) is 0 Å². The minimum atomic E-state index is -0.104. The Balaban J connectivity index is 2.16. The molecular formula is C15H18N2OS2. The third kappa shape index (κ3) is 3.55. The van der Waals surface area contributed by atoms with Crippen molar-refractivity contribution >= 4 is 40.4 Å². The molecule has 0 aliphatic carbocycles. The van der Waals surface area contributed by atoms with Gasteiger partial charge in [-0.15, -0.1) is 11.8 Å². The van der Waals surface area contributed by atoms with Crippen molar-refractivity contribution in [2.45, 2.75) is 25.2 Å². The number of benzene rings is 1. The number of anilines is 2. The second kappa shape index (κ2) is 6.81. The van der Waals surface area contributed by atoms with Crippen LogP contribution in [0.2, 0.25) is 0 Å². The first-order valence-electron chi connectivity index (χ1n) is 6.48. The van der Waals surface area contributed by atoms with Crippen molar-refractivity contribution in [1.82, 2.24) is 0 Å². The molecule has 0 aliphatic rings. The summed E-state index contributed by atoms with van der Waals surface area (Å²) in [7, 11) is 0. The summed E-state index contributed by atoms with van der Waals surface area (Å²) in [6, 6.07) is 5.77. The fourth-order valence-corrected chi connectivity index (χ4v) is 3.37. The minimum Gasteiger partial charge on any atom is -0.397 e. The number of thioether (sulfide) groups is 1. The normalized spacial score (nSPS) is 10.5. The maximum absolute atomic E-state index is 12.2. The summed E-state index contributed by atoms with van der Waals surface area (Å²) in [6.45, 7) is 4.08. The van der Waals surface area contributed by atoms with Gasteiger partial charge < -0.3 is 11.1 Å². The molecule has 0 radical (unpaired) electrons. The molecule has 1 aromatic heterocycles. The summed E-state index contributed by atoms with van der Waals surface area (Å²) in [5.74, 6) is 0.953. The number of thiophene rings is 1. The predicted molar refractivity (Wildman–Crippen MR) is 88.9 cm³/mol. The fourth-order valence-electron chi connectivity index (χ4n) is 1.74. The first kappa shape index (κ1) is 14.9. The Morgan fingerprint density at radius 2 is 2.20 bits per heavy atom. The minimum absolute atomic E-state index is 0.104. The Bertz CT molecular complexity index is 608. The zero-order valence-electron chi connectivity index (χ0n) is 11.6. The largest absolute Gasteiger partial charge is 0.397 e. The Kier molecular flexibility index (Phi) is 5.09. The molecule has 0 fully saturated rings. The second-order valence-corrected chi connectivity index (χ2v) is 6.43. The molecule has 106 valence electrons. The SMILES string of the molecule is CCCSc1ccc(N)c(NC(=O)c2cscc2C)c1. The van der Waals surface area contributed by atoms with E-state index in [9.17, 15) is 4.79 Å². The molecule has 1 amide bonds. The van der Waals surface area contributed by atoms with E-state index in [0.717, 1.165) is 22.6 Å². The molecule has 1 aromatic carbocycles. The number of aryl methyl sites for hydroxylation is 1. The molecule has 20 heavy (non-hydrogen) atoms. The van der Waals surface area contributed by atoms with E-state index in [1.807, 2.05) is 35.9 Å². The van der Waals surface area contributed by atoms with Crippen LogP contribution >= 0.6 is 23.1 Å². The quantitative estimate of drug-likeness (QED) is 0.636. The molecule has 3 N–H and O–H groups in total. The lowest BCUT2D eigenvalue weighted by Gasteiger charge is -2.10. The average molecular weight is 306 g/mol.